The van der Waals surface area contributed by atoms with Crippen LogP contribution in [0.25, 0.3) is 21.5 Å². The maximum Gasteiger partial charge on any atom is 0.267 e. The van der Waals surface area contributed by atoms with Gasteiger partial charge in [-0.1, -0.05) is 60.3 Å². The van der Waals surface area contributed by atoms with Gasteiger partial charge in [0, 0.05) is 11.3 Å². The standard InChI is InChI=1S/C20H16N4OS2/c1-26-20-23-16(12-8-4-2-5-9-12)14-15(21)17(27-19(14)24-20)18(25)22-13-10-6-3-7-11-13/h2-11H,21H2,1H3,(H,22,25). The SMILES string of the molecule is CSc1nc(-c2ccccc2)c2c(N)c(C(=O)Nc3ccccc3)sc2n1. The van der Waals surface area contributed by atoms with Gasteiger partial charge in [0.05, 0.1) is 16.8 Å². The van der Waals surface area contributed by atoms with Crippen LogP contribution in [0.2, 0.25) is 0 Å². The van der Waals surface area contributed by atoms with Crippen molar-refractivity contribution in [3.8, 4) is 11.3 Å². The van der Waals surface area contributed by atoms with Crippen LogP contribution in [0.15, 0.2) is 65.8 Å². The highest BCUT2D eigenvalue weighted by atomic mass is 32.2. The number of amides is 1. The molecule has 0 unspecified atom stereocenters. The second kappa shape index (κ2) is 7.38. The molecule has 134 valence electrons. The minimum absolute atomic E-state index is 0.244. The monoisotopic (exact) mass is 392 g/mol. The summed E-state index contributed by atoms with van der Waals surface area (Å²) in [6.07, 6.45) is 1.93. The summed E-state index contributed by atoms with van der Waals surface area (Å²) >= 11 is 2.75. The minimum atomic E-state index is -0.244. The lowest BCUT2D eigenvalue weighted by atomic mass is 10.1. The average Bonchev–Trinajstić information content (AvgIpc) is 3.05. The van der Waals surface area contributed by atoms with E-state index < -0.39 is 0 Å². The zero-order valence-electron chi connectivity index (χ0n) is 14.5. The van der Waals surface area contributed by atoms with E-state index in [-0.39, 0.29) is 5.91 Å². The van der Waals surface area contributed by atoms with Crippen LogP contribution in [0, 0.1) is 0 Å². The lowest BCUT2D eigenvalue weighted by Gasteiger charge is -2.06. The zero-order chi connectivity index (χ0) is 18.8. The van der Waals surface area contributed by atoms with Crippen LogP contribution >= 0.6 is 23.1 Å². The first kappa shape index (κ1) is 17.5. The fourth-order valence-electron chi connectivity index (χ4n) is 2.78. The van der Waals surface area contributed by atoms with Gasteiger partial charge in [-0.2, -0.15) is 0 Å². The Kier molecular flexibility index (Phi) is 4.79. The molecular weight excluding hydrogens is 376 g/mol. The van der Waals surface area contributed by atoms with E-state index in [1.807, 2.05) is 66.9 Å². The first-order chi connectivity index (χ1) is 13.2. The van der Waals surface area contributed by atoms with Crippen LogP contribution in [0.4, 0.5) is 11.4 Å². The molecule has 2 heterocycles. The van der Waals surface area contributed by atoms with E-state index in [4.69, 9.17) is 5.73 Å². The van der Waals surface area contributed by atoms with Gasteiger partial charge in [-0.3, -0.25) is 4.79 Å². The molecule has 0 fully saturated rings. The van der Waals surface area contributed by atoms with Crippen molar-refractivity contribution < 1.29 is 4.79 Å². The van der Waals surface area contributed by atoms with Crippen LogP contribution in [0.5, 0.6) is 0 Å². The molecule has 0 aliphatic heterocycles. The van der Waals surface area contributed by atoms with E-state index in [9.17, 15) is 4.79 Å². The topological polar surface area (TPSA) is 80.9 Å². The van der Waals surface area contributed by atoms with E-state index >= 15 is 0 Å². The summed E-state index contributed by atoms with van der Waals surface area (Å²) in [6.45, 7) is 0. The van der Waals surface area contributed by atoms with Crippen molar-refractivity contribution in [2.75, 3.05) is 17.3 Å². The Morgan fingerprint density at radius 1 is 1.04 bits per heavy atom. The number of aromatic nitrogens is 2. The number of benzene rings is 2. The molecule has 0 radical (unpaired) electrons. The number of anilines is 2. The summed E-state index contributed by atoms with van der Waals surface area (Å²) < 4.78 is 0. The third kappa shape index (κ3) is 3.39. The van der Waals surface area contributed by atoms with Crippen molar-refractivity contribution in [3.63, 3.8) is 0 Å². The van der Waals surface area contributed by atoms with Crippen molar-refractivity contribution in [1.82, 2.24) is 9.97 Å². The van der Waals surface area contributed by atoms with Crippen molar-refractivity contribution in [2.24, 2.45) is 0 Å². The van der Waals surface area contributed by atoms with Gasteiger partial charge in [0.1, 0.15) is 9.71 Å². The van der Waals surface area contributed by atoms with Gasteiger partial charge >= 0.3 is 0 Å². The van der Waals surface area contributed by atoms with Gasteiger partial charge in [0.25, 0.3) is 5.91 Å². The third-order valence-electron chi connectivity index (χ3n) is 4.04. The summed E-state index contributed by atoms with van der Waals surface area (Å²) in [5.74, 6) is -0.244. The number of thioether (sulfide) groups is 1. The Labute approximate surface area is 164 Å². The van der Waals surface area contributed by atoms with Gasteiger partial charge in [-0.15, -0.1) is 11.3 Å². The third-order valence-corrected chi connectivity index (χ3v) is 5.68. The van der Waals surface area contributed by atoms with E-state index in [0.717, 1.165) is 22.3 Å². The van der Waals surface area contributed by atoms with Crippen molar-refractivity contribution in [1.29, 1.82) is 0 Å². The number of fused-ring (bicyclic) bond motifs is 1. The van der Waals surface area contributed by atoms with Crippen LogP contribution in [-0.4, -0.2) is 22.1 Å². The number of nitrogen functional groups attached to an aromatic ring is 1. The molecule has 0 aliphatic rings. The summed E-state index contributed by atoms with van der Waals surface area (Å²) in [4.78, 5) is 23.1. The molecule has 5 nitrogen and oxygen atoms in total. The molecule has 7 heteroatoms. The molecule has 2 aromatic carbocycles. The van der Waals surface area contributed by atoms with E-state index in [0.29, 0.717) is 20.6 Å². The molecule has 1 amide bonds. The average molecular weight is 393 g/mol. The van der Waals surface area contributed by atoms with Gasteiger partial charge in [-0.05, 0) is 18.4 Å². The lowest BCUT2D eigenvalue weighted by Crippen LogP contribution is -2.11. The van der Waals surface area contributed by atoms with Crippen LogP contribution in [-0.2, 0) is 0 Å². The molecule has 0 saturated carbocycles. The highest BCUT2D eigenvalue weighted by Gasteiger charge is 2.22. The van der Waals surface area contributed by atoms with Crippen molar-refractivity contribution in [2.45, 2.75) is 5.16 Å². The number of thiophene rings is 1. The maximum absolute atomic E-state index is 12.8. The first-order valence-corrected chi connectivity index (χ1v) is 10.3. The molecule has 27 heavy (non-hydrogen) atoms. The molecule has 3 N–H and O–H groups in total. The number of nitrogens with two attached hydrogens (primary N) is 1. The molecule has 0 aliphatic carbocycles. The second-order valence-electron chi connectivity index (χ2n) is 5.77. The largest absolute Gasteiger partial charge is 0.397 e. The van der Waals surface area contributed by atoms with Gasteiger partial charge in [-0.25, -0.2) is 9.97 Å². The Morgan fingerprint density at radius 2 is 1.70 bits per heavy atom. The summed E-state index contributed by atoms with van der Waals surface area (Å²) in [6, 6.07) is 19.1. The minimum Gasteiger partial charge on any atom is -0.397 e. The maximum atomic E-state index is 12.8. The predicted octanol–water partition coefficient (Wildman–Crippen LogP) is 4.91. The van der Waals surface area contributed by atoms with E-state index in [2.05, 4.69) is 15.3 Å². The molecule has 4 aromatic rings. The second-order valence-corrected chi connectivity index (χ2v) is 7.54. The van der Waals surface area contributed by atoms with Crippen LogP contribution < -0.4 is 11.1 Å². The van der Waals surface area contributed by atoms with E-state index in [1.165, 1.54) is 23.1 Å². The van der Waals surface area contributed by atoms with Crippen molar-refractivity contribution in [3.05, 3.63) is 65.5 Å². The highest BCUT2D eigenvalue weighted by molar-refractivity contribution is 7.98. The van der Waals surface area contributed by atoms with Crippen molar-refractivity contribution >= 4 is 50.6 Å². The molecule has 4 rings (SSSR count). The highest BCUT2D eigenvalue weighted by Crippen LogP contribution is 2.39. The summed E-state index contributed by atoms with van der Waals surface area (Å²) in [5.41, 5.74) is 9.21. The molecule has 2 aromatic heterocycles. The summed E-state index contributed by atoms with van der Waals surface area (Å²) in [5, 5.41) is 4.26. The first-order valence-electron chi connectivity index (χ1n) is 8.23. The number of hydrogen-bond donors (Lipinski definition) is 2. The number of carbonyl (C=O) groups is 1. The molecule has 0 atom stereocenters. The van der Waals surface area contributed by atoms with E-state index in [1.54, 1.807) is 0 Å². The summed E-state index contributed by atoms with van der Waals surface area (Å²) in [7, 11) is 0. The Morgan fingerprint density at radius 3 is 2.37 bits per heavy atom. The normalized spacial score (nSPS) is 10.9. The number of nitrogens with zero attached hydrogens (tertiary/aromatic N) is 2. The predicted molar refractivity (Wildman–Crippen MR) is 113 cm³/mol. The number of nitrogens with one attached hydrogen (secondary N) is 1. The fraction of sp³-hybridized carbons (Fsp3) is 0.0500. The van der Waals surface area contributed by atoms with Gasteiger partial charge < -0.3 is 11.1 Å². The van der Waals surface area contributed by atoms with Crippen LogP contribution in [0.3, 0.4) is 0 Å². The smallest absolute Gasteiger partial charge is 0.267 e. The number of carbonyl (C=O) groups excluding carboxylic acids is 1. The molecule has 0 saturated heterocycles. The molecular formula is C20H16N4OS2. The quantitative estimate of drug-likeness (QED) is 0.381. The Hall–Kier alpha value is -2.90. The van der Waals surface area contributed by atoms with Crippen LogP contribution in [0.1, 0.15) is 9.67 Å². The molecule has 0 spiro atoms. The molecule has 0 bridgehead atoms. The fourth-order valence-corrected chi connectivity index (χ4v) is 4.19. The number of hydrogen-bond acceptors (Lipinski definition) is 6. The van der Waals surface area contributed by atoms with Gasteiger partial charge in [0.2, 0.25) is 0 Å². The lowest BCUT2D eigenvalue weighted by molar-refractivity contribution is 0.103. The number of para-hydroxylation sites is 1. The number of rotatable bonds is 4. The van der Waals surface area contributed by atoms with Gasteiger partial charge in [0.15, 0.2) is 5.16 Å². The Balaban J connectivity index is 1.85. The Bertz CT molecular complexity index is 1110. The zero-order valence-corrected chi connectivity index (χ0v) is 16.1.